The fraction of sp³-hybridized carbons (Fsp3) is 0.429. The van der Waals surface area contributed by atoms with Crippen LogP contribution in [0.1, 0.15) is 0 Å². The van der Waals surface area contributed by atoms with E-state index in [1.807, 2.05) is 12.1 Å². The van der Waals surface area contributed by atoms with Crippen LogP contribution in [-0.4, -0.2) is 42.3 Å². The molecule has 18 heavy (non-hydrogen) atoms. The zero-order valence-corrected chi connectivity index (χ0v) is 11.1. The van der Waals surface area contributed by atoms with Gasteiger partial charge in [0.05, 0.1) is 23.8 Å². The molecule has 2 aromatic rings. The van der Waals surface area contributed by atoms with Gasteiger partial charge in [0.1, 0.15) is 0 Å². The molecule has 1 aliphatic heterocycles. The van der Waals surface area contributed by atoms with Crippen molar-refractivity contribution in [3.8, 4) is 0 Å². The summed E-state index contributed by atoms with van der Waals surface area (Å²) in [6.07, 6.45) is 2.12. The number of hydrogen-bond acceptors (Lipinski definition) is 2. The van der Waals surface area contributed by atoms with E-state index in [9.17, 15) is 0 Å². The van der Waals surface area contributed by atoms with Crippen LogP contribution in [0.15, 0.2) is 30.5 Å². The Labute approximate surface area is 112 Å². The first-order chi connectivity index (χ1) is 8.84. The van der Waals surface area contributed by atoms with Crippen LogP contribution in [0.5, 0.6) is 0 Å². The summed E-state index contributed by atoms with van der Waals surface area (Å²) in [5.74, 6) is 0. The molecule has 96 valence electrons. The van der Waals surface area contributed by atoms with Crippen LogP contribution >= 0.6 is 11.6 Å². The van der Waals surface area contributed by atoms with Crippen molar-refractivity contribution in [3.63, 3.8) is 0 Å². The highest BCUT2D eigenvalue weighted by Gasteiger charge is 2.11. The third-order valence-corrected chi connectivity index (χ3v) is 3.81. The molecule has 1 saturated heterocycles. The fourth-order valence-corrected chi connectivity index (χ4v) is 2.77. The zero-order chi connectivity index (χ0) is 12.4. The molecule has 0 unspecified atom stereocenters. The van der Waals surface area contributed by atoms with E-state index >= 15 is 0 Å². The van der Waals surface area contributed by atoms with Gasteiger partial charge >= 0.3 is 0 Å². The molecule has 0 radical (unpaired) electrons. The lowest BCUT2D eigenvalue weighted by molar-refractivity contribution is 0.0365. The molecule has 0 bridgehead atoms. The van der Waals surface area contributed by atoms with Crippen LogP contribution in [0.4, 0.5) is 0 Å². The number of nitrogens with zero attached hydrogens (tertiary/aromatic N) is 2. The molecule has 0 amide bonds. The van der Waals surface area contributed by atoms with Crippen LogP contribution in [0.3, 0.4) is 0 Å². The van der Waals surface area contributed by atoms with Gasteiger partial charge in [-0.05, 0) is 12.1 Å². The Bertz CT molecular complexity index is 532. The molecule has 0 atom stereocenters. The number of para-hydroxylation sites is 1. The predicted octanol–water partition coefficient (Wildman–Crippen LogP) is 2.63. The summed E-state index contributed by atoms with van der Waals surface area (Å²) in [5, 5.41) is 2.05. The first-order valence-electron chi connectivity index (χ1n) is 6.38. The van der Waals surface area contributed by atoms with Gasteiger partial charge < -0.3 is 9.30 Å². The van der Waals surface area contributed by atoms with Gasteiger partial charge in [-0.25, -0.2) is 0 Å². The van der Waals surface area contributed by atoms with Crippen molar-refractivity contribution in [2.75, 3.05) is 32.8 Å². The maximum absolute atomic E-state index is 6.27. The van der Waals surface area contributed by atoms with Crippen molar-refractivity contribution < 1.29 is 4.74 Å². The third kappa shape index (κ3) is 2.39. The normalized spacial score (nSPS) is 17.4. The molecule has 0 saturated carbocycles. The molecule has 1 aromatic heterocycles. The first-order valence-corrected chi connectivity index (χ1v) is 6.76. The largest absolute Gasteiger partial charge is 0.379 e. The monoisotopic (exact) mass is 264 g/mol. The van der Waals surface area contributed by atoms with E-state index in [4.69, 9.17) is 16.3 Å². The Balaban J connectivity index is 1.74. The number of fused-ring (bicyclic) bond motifs is 1. The standard InChI is InChI=1S/C14H17ClN2O/c15-13-3-1-2-12-4-5-17(14(12)13)7-6-16-8-10-18-11-9-16/h1-5H,6-11H2. The van der Waals surface area contributed by atoms with Crippen LogP contribution in [0.2, 0.25) is 5.02 Å². The molecule has 3 nitrogen and oxygen atoms in total. The summed E-state index contributed by atoms with van der Waals surface area (Å²) >= 11 is 6.27. The van der Waals surface area contributed by atoms with Gasteiger partial charge in [-0.2, -0.15) is 0 Å². The molecule has 1 fully saturated rings. The van der Waals surface area contributed by atoms with Gasteiger partial charge in [0.25, 0.3) is 0 Å². The molecular weight excluding hydrogens is 248 g/mol. The highest BCUT2D eigenvalue weighted by atomic mass is 35.5. The molecule has 1 aromatic carbocycles. The summed E-state index contributed by atoms with van der Waals surface area (Å²) in [5.41, 5.74) is 1.15. The predicted molar refractivity (Wildman–Crippen MR) is 74.2 cm³/mol. The van der Waals surface area contributed by atoms with Crippen molar-refractivity contribution in [2.24, 2.45) is 0 Å². The van der Waals surface area contributed by atoms with E-state index in [2.05, 4.69) is 27.8 Å². The molecule has 0 spiro atoms. The maximum Gasteiger partial charge on any atom is 0.0670 e. The van der Waals surface area contributed by atoms with E-state index in [0.29, 0.717) is 0 Å². The minimum Gasteiger partial charge on any atom is -0.379 e. The minimum atomic E-state index is 0.833. The van der Waals surface area contributed by atoms with E-state index in [1.165, 1.54) is 5.39 Å². The van der Waals surface area contributed by atoms with Gasteiger partial charge in [0, 0.05) is 37.8 Å². The quantitative estimate of drug-likeness (QED) is 0.848. The van der Waals surface area contributed by atoms with Crippen molar-refractivity contribution in [2.45, 2.75) is 6.54 Å². The molecule has 3 rings (SSSR count). The van der Waals surface area contributed by atoms with Crippen LogP contribution in [-0.2, 0) is 11.3 Å². The van der Waals surface area contributed by atoms with Crippen molar-refractivity contribution in [1.29, 1.82) is 0 Å². The summed E-state index contributed by atoms with van der Waals surface area (Å²) in [6, 6.07) is 8.18. The Morgan fingerprint density at radius 3 is 2.78 bits per heavy atom. The minimum absolute atomic E-state index is 0.833. The Kier molecular flexibility index (Phi) is 3.55. The molecule has 1 aliphatic rings. The molecule has 2 heterocycles. The topological polar surface area (TPSA) is 17.4 Å². The number of halogens is 1. The molecule has 4 heteroatoms. The second-order valence-electron chi connectivity index (χ2n) is 4.64. The number of benzene rings is 1. The smallest absolute Gasteiger partial charge is 0.0670 e. The number of aromatic nitrogens is 1. The van der Waals surface area contributed by atoms with E-state index in [-0.39, 0.29) is 0 Å². The summed E-state index contributed by atoms with van der Waals surface area (Å²) < 4.78 is 7.60. The zero-order valence-electron chi connectivity index (χ0n) is 10.3. The Hall–Kier alpha value is -1.03. The second kappa shape index (κ2) is 5.31. The lowest BCUT2D eigenvalue weighted by Gasteiger charge is -2.26. The van der Waals surface area contributed by atoms with Crippen molar-refractivity contribution in [1.82, 2.24) is 9.47 Å². The van der Waals surface area contributed by atoms with Crippen LogP contribution in [0, 0.1) is 0 Å². The molecule has 0 N–H and O–H groups in total. The Morgan fingerprint density at radius 2 is 1.94 bits per heavy atom. The number of hydrogen-bond donors (Lipinski definition) is 0. The molecular formula is C14H17ClN2O. The number of morpholine rings is 1. The third-order valence-electron chi connectivity index (χ3n) is 3.50. The van der Waals surface area contributed by atoms with Gasteiger partial charge in [0.2, 0.25) is 0 Å². The average molecular weight is 265 g/mol. The van der Waals surface area contributed by atoms with Crippen LogP contribution < -0.4 is 0 Å². The Morgan fingerprint density at radius 1 is 1.11 bits per heavy atom. The van der Waals surface area contributed by atoms with Crippen molar-refractivity contribution >= 4 is 22.5 Å². The highest BCUT2D eigenvalue weighted by molar-refractivity contribution is 6.35. The van der Waals surface area contributed by atoms with Gasteiger partial charge in [-0.1, -0.05) is 23.7 Å². The fourth-order valence-electron chi connectivity index (χ4n) is 2.47. The van der Waals surface area contributed by atoms with Gasteiger partial charge in [-0.3, -0.25) is 4.90 Å². The summed E-state index contributed by atoms with van der Waals surface area (Å²) in [6.45, 7) is 5.81. The average Bonchev–Trinajstić information content (AvgIpc) is 2.82. The number of rotatable bonds is 3. The lowest BCUT2D eigenvalue weighted by Crippen LogP contribution is -2.38. The summed E-state index contributed by atoms with van der Waals surface area (Å²) in [7, 11) is 0. The second-order valence-corrected chi connectivity index (χ2v) is 5.05. The highest BCUT2D eigenvalue weighted by Crippen LogP contribution is 2.24. The van der Waals surface area contributed by atoms with Gasteiger partial charge in [-0.15, -0.1) is 0 Å². The lowest BCUT2D eigenvalue weighted by atomic mass is 10.2. The summed E-state index contributed by atoms with van der Waals surface area (Å²) in [4.78, 5) is 2.44. The van der Waals surface area contributed by atoms with E-state index in [0.717, 1.165) is 49.9 Å². The van der Waals surface area contributed by atoms with E-state index < -0.39 is 0 Å². The maximum atomic E-state index is 6.27. The first kappa shape index (κ1) is 12.0. The number of ether oxygens (including phenoxy) is 1. The SMILES string of the molecule is Clc1cccc2ccn(CCN3CCOCC3)c12. The van der Waals surface area contributed by atoms with Crippen LogP contribution in [0.25, 0.3) is 10.9 Å². The van der Waals surface area contributed by atoms with Gasteiger partial charge in [0.15, 0.2) is 0 Å². The van der Waals surface area contributed by atoms with E-state index in [1.54, 1.807) is 0 Å². The molecule has 0 aliphatic carbocycles. The van der Waals surface area contributed by atoms with Crippen molar-refractivity contribution in [3.05, 3.63) is 35.5 Å².